The van der Waals surface area contributed by atoms with Gasteiger partial charge in [-0.25, -0.2) is 22.5 Å². The number of hydrogen-bond acceptors (Lipinski definition) is 3. The molecule has 1 fully saturated rings. The van der Waals surface area contributed by atoms with E-state index in [1.165, 1.54) is 13.1 Å². The van der Waals surface area contributed by atoms with Gasteiger partial charge in [-0.3, -0.25) is 0 Å². The fourth-order valence-corrected chi connectivity index (χ4v) is 4.17. The molecule has 162 valence electrons. The summed E-state index contributed by atoms with van der Waals surface area (Å²) in [5.74, 6) is 0.420. The van der Waals surface area contributed by atoms with Crippen molar-refractivity contribution >= 4 is 16.0 Å². The van der Waals surface area contributed by atoms with E-state index in [1.807, 2.05) is 31.2 Å². The Morgan fingerprint density at radius 1 is 1.10 bits per heavy atom. The molecule has 0 aromatic heterocycles. The molecule has 0 heterocycles. The maximum Gasteiger partial charge on any atom is 0.215 e. The van der Waals surface area contributed by atoms with E-state index in [0.29, 0.717) is 19.0 Å². The Hall–Kier alpha value is -2.45. The molecule has 3 rings (SSSR count). The quantitative estimate of drug-likeness (QED) is 0.420. The Morgan fingerprint density at radius 2 is 1.83 bits per heavy atom. The van der Waals surface area contributed by atoms with Gasteiger partial charge in [0.2, 0.25) is 10.0 Å². The summed E-state index contributed by atoms with van der Waals surface area (Å²) in [4.78, 5) is 4.64. The summed E-state index contributed by atoms with van der Waals surface area (Å²) in [6.07, 6.45) is 2.04. The number of rotatable bonds is 9. The van der Waals surface area contributed by atoms with Crippen LogP contribution in [0.1, 0.15) is 36.5 Å². The molecule has 0 unspecified atom stereocenters. The van der Waals surface area contributed by atoms with Gasteiger partial charge in [0.05, 0.1) is 12.3 Å². The zero-order valence-electron chi connectivity index (χ0n) is 17.4. The first-order valence-electron chi connectivity index (χ1n) is 10.1. The second-order valence-electron chi connectivity index (χ2n) is 7.62. The second-order valence-corrected chi connectivity index (χ2v) is 9.55. The van der Waals surface area contributed by atoms with Gasteiger partial charge in [0, 0.05) is 18.5 Å². The summed E-state index contributed by atoms with van der Waals surface area (Å²) in [6, 6.07) is 14.2. The van der Waals surface area contributed by atoms with Crippen LogP contribution >= 0.6 is 0 Å². The Morgan fingerprint density at radius 3 is 2.50 bits per heavy atom. The maximum absolute atomic E-state index is 13.6. The minimum atomic E-state index is -3.31. The molecule has 8 heteroatoms. The van der Waals surface area contributed by atoms with Crippen LogP contribution in [-0.4, -0.2) is 34.5 Å². The van der Waals surface area contributed by atoms with Crippen LogP contribution in [0, 0.1) is 5.82 Å². The largest absolute Gasteiger partial charge is 0.357 e. The molecule has 1 aliphatic rings. The summed E-state index contributed by atoms with van der Waals surface area (Å²) >= 11 is 0. The number of hydrogen-bond donors (Lipinski definition) is 3. The fourth-order valence-electron chi connectivity index (χ4n) is 3.41. The SMILES string of the molecule is CCNC(=NCc1cccc(CS(=O)(=O)NC)c1)NCC1(c2cccc(F)c2)CC1. The van der Waals surface area contributed by atoms with Gasteiger partial charge < -0.3 is 10.6 Å². The standard InChI is InChI=1S/C22H29FN4O2S/c1-3-25-21(27-16-22(10-11-22)19-8-5-9-20(23)13-19)26-14-17-6-4-7-18(12-17)15-30(28,29)24-2/h4-9,12-13,24H,3,10-11,14-16H2,1-2H3,(H2,25,26,27). The highest BCUT2D eigenvalue weighted by atomic mass is 32.2. The van der Waals surface area contributed by atoms with Crippen LogP contribution in [0.4, 0.5) is 4.39 Å². The number of sulfonamides is 1. The van der Waals surface area contributed by atoms with Gasteiger partial charge in [-0.05, 0) is 55.6 Å². The minimum absolute atomic E-state index is 0.0419. The highest BCUT2D eigenvalue weighted by Gasteiger charge is 2.44. The predicted molar refractivity (Wildman–Crippen MR) is 118 cm³/mol. The van der Waals surface area contributed by atoms with E-state index in [2.05, 4.69) is 20.3 Å². The molecular weight excluding hydrogens is 403 g/mol. The fraction of sp³-hybridized carbons (Fsp3) is 0.409. The van der Waals surface area contributed by atoms with Gasteiger partial charge >= 0.3 is 0 Å². The molecular formula is C22H29FN4O2S. The van der Waals surface area contributed by atoms with E-state index in [9.17, 15) is 12.8 Å². The van der Waals surface area contributed by atoms with Crippen molar-refractivity contribution in [1.82, 2.24) is 15.4 Å². The van der Waals surface area contributed by atoms with Gasteiger partial charge in [0.15, 0.2) is 5.96 Å². The lowest BCUT2D eigenvalue weighted by molar-refractivity contribution is 0.587. The Balaban J connectivity index is 1.65. The average molecular weight is 433 g/mol. The summed E-state index contributed by atoms with van der Waals surface area (Å²) < 4.78 is 39.5. The first-order chi connectivity index (χ1) is 14.4. The van der Waals surface area contributed by atoms with Crippen molar-refractivity contribution in [3.05, 3.63) is 71.0 Å². The van der Waals surface area contributed by atoms with Gasteiger partial charge in [-0.1, -0.05) is 36.4 Å². The molecule has 0 bridgehead atoms. The van der Waals surface area contributed by atoms with E-state index in [-0.39, 0.29) is 17.0 Å². The number of benzene rings is 2. The summed E-state index contributed by atoms with van der Waals surface area (Å²) in [7, 11) is -1.90. The highest BCUT2D eigenvalue weighted by molar-refractivity contribution is 7.88. The summed E-state index contributed by atoms with van der Waals surface area (Å²) in [5, 5.41) is 6.62. The number of nitrogens with one attached hydrogen (secondary N) is 3. The third kappa shape index (κ3) is 6.03. The molecule has 0 atom stereocenters. The van der Waals surface area contributed by atoms with Crippen LogP contribution in [-0.2, 0) is 27.7 Å². The molecule has 0 spiro atoms. The molecule has 1 saturated carbocycles. The maximum atomic E-state index is 13.6. The molecule has 30 heavy (non-hydrogen) atoms. The third-order valence-corrected chi connectivity index (χ3v) is 6.64. The van der Waals surface area contributed by atoms with Crippen LogP contribution in [0.3, 0.4) is 0 Å². The molecule has 6 nitrogen and oxygen atoms in total. The molecule has 0 saturated heterocycles. The van der Waals surface area contributed by atoms with Crippen LogP contribution in [0.25, 0.3) is 0 Å². The van der Waals surface area contributed by atoms with Crippen molar-refractivity contribution in [2.75, 3.05) is 20.1 Å². The Kier molecular flexibility index (Phi) is 7.10. The molecule has 2 aromatic rings. The molecule has 2 aromatic carbocycles. The highest BCUT2D eigenvalue weighted by Crippen LogP contribution is 2.47. The van der Waals surface area contributed by atoms with E-state index in [0.717, 1.165) is 36.1 Å². The van der Waals surface area contributed by atoms with Crippen LogP contribution in [0.15, 0.2) is 53.5 Å². The van der Waals surface area contributed by atoms with Crippen molar-refractivity contribution < 1.29 is 12.8 Å². The number of nitrogens with zero attached hydrogens (tertiary/aromatic N) is 1. The normalized spacial score (nSPS) is 15.6. The van der Waals surface area contributed by atoms with Crippen LogP contribution in [0.2, 0.25) is 0 Å². The molecule has 0 radical (unpaired) electrons. The smallest absolute Gasteiger partial charge is 0.215 e. The zero-order chi connectivity index (χ0) is 21.6. The first-order valence-corrected chi connectivity index (χ1v) is 11.8. The van der Waals surface area contributed by atoms with Crippen molar-refractivity contribution in [1.29, 1.82) is 0 Å². The number of halogens is 1. The monoisotopic (exact) mass is 432 g/mol. The van der Waals surface area contributed by atoms with Gasteiger partial charge in [-0.2, -0.15) is 0 Å². The lowest BCUT2D eigenvalue weighted by Gasteiger charge is -2.19. The van der Waals surface area contributed by atoms with Gasteiger partial charge in [0.1, 0.15) is 5.82 Å². The van der Waals surface area contributed by atoms with E-state index in [4.69, 9.17) is 0 Å². The Labute approximate surface area is 178 Å². The predicted octanol–water partition coefficient (Wildman–Crippen LogP) is 2.66. The molecule has 1 aliphatic carbocycles. The molecule has 3 N–H and O–H groups in total. The van der Waals surface area contributed by atoms with Crippen molar-refractivity contribution in [2.45, 2.75) is 37.5 Å². The zero-order valence-corrected chi connectivity index (χ0v) is 18.2. The van der Waals surface area contributed by atoms with Crippen molar-refractivity contribution in [3.63, 3.8) is 0 Å². The number of guanidine groups is 1. The van der Waals surface area contributed by atoms with E-state index in [1.54, 1.807) is 18.2 Å². The van der Waals surface area contributed by atoms with Crippen molar-refractivity contribution in [3.8, 4) is 0 Å². The van der Waals surface area contributed by atoms with E-state index >= 15 is 0 Å². The van der Waals surface area contributed by atoms with Crippen LogP contribution < -0.4 is 15.4 Å². The topological polar surface area (TPSA) is 82.6 Å². The summed E-state index contributed by atoms with van der Waals surface area (Å²) in [5.41, 5.74) is 2.63. The second kappa shape index (κ2) is 9.57. The Bertz CT molecular complexity index is 1000. The van der Waals surface area contributed by atoms with Crippen LogP contribution in [0.5, 0.6) is 0 Å². The van der Waals surface area contributed by atoms with E-state index < -0.39 is 10.0 Å². The molecule has 0 amide bonds. The molecule has 0 aliphatic heterocycles. The summed E-state index contributed by atoms with van der Waals surface area (Å²) in [6.45, 7) is 3.83. The van der Waals surface area contributed by atoms with Gasteiger partial charge in [0.25, 0.3) is 0 Å². The minimum Gasteiger partial charge on any atom is -0.357 e. The average Bonchev–Trinajstić information content (AvgIpc) is 3.51. The third-order valence-electron chi connectivity index (χ3n) is 5.31. The van der Waals surface area contributed by atoms with Crippen molar-refractivity contribution in [2.24, 2.45) is 4.99 Å². The van der Waals surface area contributed by atoms with Gasteiger partial charge in [-0.15, -0.1) is 0 Å². The lowest BCUT2D eigenvalue weighted by Crippen LogP contribution is -2.41. The number of aliphatic imine (C=N–C) groups is 1. The lowest BCUT2D eigenvalue weighted by atomic mass is 9.96. The first kappa shape index (κ1) is 22.2.